The number of guanidine groups is 1. The van der Waals surface area contributed by atoms with Gasteiger partial charge in [0.1, 0.15) is 0 Å². The summed E-state index contributed by atoms with van der Waals surface area (Å²) in [5.74, 6) is 2.12. The summed E-state index contributed by atoms with van der Waals surface area (Å²) in [7, 11) is 1.76. The lowest BCUT2D eigenvalue weighted by Gasteiger charge is -2.28. The fourth-order valence-electron chi connectivity index (χ4n) is 1.80. The van der Waals surface area contributed by atoms with Crippen LogP contribution in [0.2, 0.25) is 0 Å². The average molecular weight is 431 g/mol. The fraction of sp³-hybridized carbons (Fsp3) is 0.933. The molecule has 0 bridgehead atoms. The van der Waals surface area contributed by atoms with E-state index in [0.717, 1.165) is 19.0 Å². The van der Waals surface area contributed by atoms with Crippen molar-refractivity contribution in [1.29, 1.82) is 0 Å². The number of nitrogens with zero attached hydrogens (tertiary/aromatic N) is 1. The van der Waals surface area contributed by atoms with Crippen molar-refractivity contribution in [3.8, 4) is 0 Å². The number of methoxy groups -OCH3 is 1. The predicted molar refractivity (Wildman–Crippen MR) is 107 cm³/mol. The molecule has 0 saturated carbocycles. The van der Waals surface area contributed by atoms with E-state index in [9.17, 15) is 0 Å². The molecule has 4 nitrogen and oxygen atoms in total. The molecule has 0 fully saturated rings. The summed E-state index contributed by atoms with van der Waals surface area (Å²) >= 11 is 1.90. The SMILES string of the molecule is CCNC(=NCC(OC)C(C)(C)C)NCCCCSC.I. The molecule has 1 unspecified atom stereocenters. The van der Waals surface area contributed by atoms with Gasteiger partial charge in [-0.2, -0.15) is 11.8 Å². The van der Waals surface area contributed by atoms with E-state index >= 15 is 0 Å². The first-order chi connectivity index (χ1) is 9.45. The number of hydrogen-bond acceptors (Lipinski definition) is 3. The van der Waals surface area contributed by atoms with Gasteiger partial charge >= 0.3 is 0 Å². The van der Waals surface area contributed by atoms with Crippen LogP contribution in [0.25, 0.3) is 0 Å². The second kappa shape index (κ2) is 13.9. The Morgan fingerprint density at radius 1 is 1.24 bits per heavy atom. The van der Waals surface area contributed by atoms with Crippen LogP contribution < -0.4 is 10.6 Å². The van der Waals surface area contributed by atoms with Crippen molar-refractivity contribution in [2.24, 2.45) is 10.4 Å². The first kappa shape index (κ1) is 23.6. The molecule has 21 heavy (non-hydrogen) atoms. The van der Waals surface area contributed by atoms with Gasteiger partial charge < -0.3 is 15.4 Å². The van der Waals surface area contributed by atoms with Crippen LogP contribution in [-0.2, 0) is 4.74 Å². The zero-order valence-corrected chi connectivity index (χ0v) is 17.6. The maximum absolute atomic E-state index is 5.54. The van der Waals surface area contributed by atoms with Crippen molar-refractivity contribution in [3.05, 3.63) is 0 Å². The molecule has 0 amide bonds. The molecule has 6 heteroatoms. The summed E-state index contributed by atoms with van der Waals surface area (Å²) in [6, 6.07) is 0. The van der Waals surface area contributed by atoms with Gasteiger partial charge in [-0.15, -0.1) is 24.0 Å². The van der Waals surface area contributed by atoms with E-state index in [-0.39, 0.29) is 35.5 Å². The van der Waals surface area contributed by atoms with E-state index in [4.69, 9.17) is 4.74 Å². The van der Waals surface area contributed by atoms with Crippen LogP contribution in [0.15, 0.2) is 4.99 Å². The molecule has 1 atom stereocenters. The number of halogens is 1. The Labute approximate surface area is 152 Å². The van der Waals surface area contributed by atoms with Crippen LogP contribution in [0.5, 0.6) is 0 Å². The summed E-state index contributed by atoms with van der Waals surface area (Å²) in [5.41, 5.74) is 0.105. The third kappa shape index (κ3) is 12.5. The zero-order chi connectivity index (χ0) is 15.4. The minimum absolute atomic E-state index is 0. The molecule has 0 aromatic carbocycles. The van der Waals surface area contributed by atoms with Gasteiger partial charge in [-0.3, -0.25) is 4.99 Å². The first-order valence-electron chi connectivity index (χ1n) is 7.49. The van der Waals surface area contributed by atoms with Crippen LogP contribution in [-0.4, -0.2) is 50.8 Å². The quantitative estimate of drug-likeness (QED) is 0.254. The molecule has 0 aliphatic heterocycles. The molecule has 0 rings (SSSR count). The molecular formula is C15H34IN3OS. The van der Waals surface area contributed by atoms with Crippen molar-refractivity contribution in [2.75, 3.05) is 38.8 Å². The first-order valence-corrected chi connectivity index (χ1v) is 8.89. The highest BCUT2D eigenvalue weighted by Gasteiger charge is 2.23. The van der Waals surface area contributed by atoms with E-state index in [1.165, 1.54) is 18.6 Å². The lowest BCUT2D eigenvalue weighted by atomic mass is 9.89. The van der Waals surface area contributed by atoms with Crippen molar-refractivity contribution < 1.29 is 4.74 Å². The van der Waals surface area contributed by atoms with Gasteiger partial charge in [-0.05, 0) is 37.2 Å². The molecule has 0 heterocycles. The second-order valence-electron chi connectivity index (χ2n) is 5.94. The Bertz CT molecular complexity index is 270. The van der Waals surface area contributed by atoms with Gasteiger partial charge in [0.15, 0.2) is 5.96 Å². The number of thioether (sulfide) groups is 1. The molecule has 0 aliphatic rings. The summed E-state index contributed by atoms with van der Waals surface area (Å²) in [5, 5.41) is 6.67. The number of rotatable bonds is 9. The van der Waals surface area contributed by atoms with Crippen molar-refractivity contribution in [1.82, 2.24) is 10.6 Å². The summed E-state index contributed by atoms with van der Waals surface area (Å²) in [4.78, 5) is 4.63. The Hall–Kier alpha value is 0.310. The Balaban J connectivity index is 0. The normalized spacial score (nSPS) is 13.5. The van der Waals surface area contributed by atoms with E-state index in [0.29, 0.717) is 6.54 Å². The van der Waals surface area contributed by atoms with Crippen LogP contribution in [0.1, 0.15) is 40.5 Å². The molecule has 128 valence electrons. The van der Waals surface area contributed by atoms with Gasteiger partial charge in [-0.25, -0.2) is 0 Å². The molecule has 0 aliphatic carbocycles. The molecule has 2 N–H and O–H groups in total. The monoisotopic (exact) mass is 431 g/mol. The lowest BCUT2D eigenvalue weighted by molar-refractivity contribution is 0.0241. The zero-order valence-electron chi connectivity index (χ0n) is 14.5. The highest BCUT2D eigenvalue weighted by molar-refractivity contribution is 14.0. The summed E-state index contributed by atoms with van der Waals surface area (Å²) in [6.07, 6.45) is 4.71. The Morgan fingerprint density at radius 2 is 1.90 bits per heavy atom. The largest absolute Gasteiger partial charge is 0.379 e. The van der Waals surface area contributed by atoms with Crippen LogP contribution in [0.3, 0.4) is 0 Å². The highest BCUT2D eigenvalue weighted by atomic mass is 127. The topological polar surface area (TPSA) is 45.7 Å². The minimum atomic E-state index is 0. The third-order valence-electron chi connectivity index (χ3n) is 3.08. The predicted octanol–water partition coefficient (Wildman–Crippen LogP) is 3.36. The van der Waals surface area contributed by atoms with Crippen molar-refractivity contribution >= 4 is 41.7 Å². The highest BCUT2D eigenvalue weighted by Crippen LogP contribution is 2.21. The lowest BCUT2D eigenvalue weighted by Crippen LogP contribution is -2.39. The number of unbranched alkanes of at least 4 members (excludes halogenated alkanes) is 1. The van der Waals surface area contributed by atoms with Crippen LogP contribution in [0, 0.1) is 5.41 Å². The van der Waals surface area contributed by atoms with E-state index in [2.05, 4.69) is 49.6 Å². The van der Waals surface area contributed by atoms with E-state index in [1.807, 2.05) is 11.8 Å². The number of aliphatic imine (C=N–C) groups is 1. The average Bonchev–Trinajstić information content (AvgIpc) is 2.37. The van der Waals surface area contributed by atoms with Gasteiger partial charge in [0.2, 0.25) is 0 Å². The minimum Gasteiger partial charge on any atom is -0.379 e. The maximum atomic E-state index is 5.54. The van der Waals surface area contributed by atoms with Crippen LogP contribution in [0.4, 0.5) is 0 Å². The van der Waals surface area contributed by atoms with Crippen molar-refractivity contribution in [3.63, 3.8) is 0 Å². The van der Waals surface area contributed by atoms with Gasteiger partial charge in [0, 0.05) is 20.2 Å². The van der Waals surface area contributed by atoms with Crippen LogP contribution >= 0.6 is 35.7 Å². The van der Waals surface area contributed by atoms with E-state index < -0.39 is 0 Å². The Kier molecular flexibility index (Phi) is 15.6. The van der Waals surface area contributed by atoms with Crippen molar-refractivity contribution in [2.45, 2.75) is 46.6 Å². The summed E-state index contributed by atoms with van der Waals surface area (Å²) < 4.78 is 5.54. The molecule has 0 spiro atoms. The number of hydrogen-bond donors (Lipinski definition) is 2. The molecule has 0 radical (unpaired) electrons. The maximum Gasteiger partial charge on any atom is 0.191 e. The Morgan fingerprint density at radius 3 is 2.38 bits per heavy atom. The van der Waals surface area contributed by atoms with Gasteiger partial charge in [0.25, 0.3) is 0 Å². The number of nitrogens with one attached hydrogen (secondary N) is 2. The second-order valence-corrected chi connectivity index (χ2v) is 6.92. The third-order valence-corrected chi connectivity index (χ3v) is 3.77. The smallest absolute Gasteiger partial charge is 0.191 e. The molecule has 0 aromatic rings. The standard InChI is InChI=1S/C15H33N3OS.HI/c1-7-16-14(17-10-8-9-11-20-6)18-12-13(19-5)15(2,3)4;/h13H,7-12H2,1-6H3,(H2,16,17,18);1H. The van der Waals surface area contributed by atoms with E-state index in [1.54, 1.807) is 7.11 Å². The number of ether oxygens (including phenoxy) is 1. The molecule has 0 saturated heterocycles. The molecule has 0 aromatic heterocycles. The summed E-state index contributed by atoms with van der Waals surface area (Å²) in [6.45, 7) is 11.2. The van der Waals surface area contributed by atoms with Gasteiger partial charge in [-0.1, -0.05) is 20.8 Å². The molecular weight excluding hydrogens is 397 g/mol. The fourth-order valence-corrected chi connectivity index (χ4v) is 2.29. The van der Waals surface area contributed by atoms with Gasteiger partial charge in [0.05, 0.1) is 12.6 Å².